The minimum Gasteiger partial charge on any atom is -0.494 e. The molecule has 0 bridgehead atoms. The summed E-state index contributed by atoms with van der Waals surface area (Å²) in [5.41, 5.74) is 0.566. The maximum atomic E-state index is 14.3. The molecule has 1 aliphatic rings. The molecule has 2 aromatic carbocycles. The molecule has 9 heteroatoms. The van der Waals surface area contributed by atoms with Gasteiger partial charge in [0.05, 0.1) is 19.8 Å². The number of amides is 1. The number of sulfonamides is 1. The first-order valence-electron chi connectivity index (χ1n) is 9.83. The lowest BCUT2D eigenvalue weighted by molar-refractivity contribution is 0.0729. The van der Waals surface area contributed by atoms with Crippen LogP contribution in [-0.4, -0.2) is 51.5 Å². The van der Waals surface area contributed by atoms with Crippen molar-refractivity contribution in [3.8, 4) is 5.75 Å². The molecule has 0 spiro atoms. The number of nitrogens with zero attached hydrogens (tertiary/aromatic N) is 1. The lowest BCUT2D eigenvalue weighted by atomic mass is 10.2. The number of carbonyl (C=O) groups is 1. The van der Waals surface area contributed by atoms with E-state index >= 15 is 0 Å². The number of rotatable bonds is 8. The number of unbranched alkanes of at least 4 members (excludes halogenated alkanes) is 1. The Hall–Kier alpha value is -2.49. The maximum absolute atomic E-state index is 14.3. The topological polar surface area (TPSA) is 84.9 Å². The van der Waals surface area contributed by atoms with Gasteiger partial charge in [0, 0.05) is 24.3 Å². The Morgan fingerprint density at radius 3 is 2.53 bits per heavy atom. The normalized spacial score (nSPS) is 15.0. The lowest BCUT2D eigenvalue weighted by Gasteiger charge is -2.26. The van der Waals surface area contributed by atoms with Crippen LogP contribution in [0, 0.1) is 5.82 Å². The highest BCUT2D eigenvalue weighted by Gasteiger charge is 2.29. The van der Waals surface area contributed by atoms with E-state index in [1.54, 1.807) is 24.3 Å². The molecule has 30 heavy (non-hydrogen) atoms. The molecule has 1 saturated heterocycles. The third-order valence-electron chi connectivity index (χ3n) is 4.66. The molecule has 0 radical (unpaired) electrons. The first-order chi connectivity index (χ1) is 14.4. The molecule has 1 heterocycles. The van der Waals surface area contributed by atoms with Crippen molar-refractivity contribution in [1.29, 1.82) is 0 Å². The van der Waals surface area contributed by atoms with Crippen LogP contribution in [0.4, 0.5) is 10.1 Å². The zero-order valence-electron chi connectivity index (χ0n) is 16.8. The van der Waals surface area contributed by atoms with E-state index in [1.165, 1.54) is 10.4 Å². The predicted molar refractivity (Wildman–Crippen MR) is 111 cm³/mol. The van der Waals surface area contributed by atoms with E-state index in [2.05, 4.69) is 12.2 Å². The second-order valence-corrected chi connectivity index (χ2v) is 8.75. The average Bonchev–Trinajstić information content (AvgIpc) is 2.76. The zero-order chi connectivity index (χ0) is 21.6. The number of morpholine rings is 1. The van der Waals surface area contributed by atoms with Crippen LogP contribution in [0.1, 0.15) is 30.1 Å². The van der Waals surface area contributed by atoms with Gasteiger partial charge in [-0.3, -0.25) is 4.79 Å². The number of hydrogen-bond donors (Lipinski definition) is 1. The summed E-state index contributed by atoms with van der Waals surface area (Å²) in [4.78, 5) is 12.0. The molecule has 0 aromatic heterocycles. The highest BCUT2D eigenvalue weighted by atomic mass is 32.2. The van der Waals surface area contributed by atoms with Crippen molar-refractivity contribution in [2.24, 2.45) is 0 Å². The molecule has 162 valence electrons. The van der Waals surface area contributed by atoms with Gasteiger partial charge < -0.3 is 14.8 Å². The van der Waals surface area contributed by atoms with Gasteiger partial charge in [-0.05, 0) is 48.9 Å². The van der Waals surface area contributed by atoms with Crippen molar-refractivity contribution in [2.45, 2.75) is 24.7 Å². The smallest absolute Gasteiger partial charge is 0.255 e. The highest BCUT2D eigenvalue weighted by molar-refractivity contribution is 7.89. The molecule has 3 rings (SSSR count). The summed E-state index contributed by atoms with van der Waals surface area (Å²) in [5, 5.41) is 2.62. The summed E-state index contributed by atoms with van der Waals surface area (Å²) >= 11 is 0. The molecule has 1 amide bonds. The quantitative estimate of drug-likeness (QED) is 0.642. The highest BCUT2D eigenvalue weighted by Crippen LogP contribution is 2.24. The van der Waals surface area contributed by atoms with Crippen molar-refractivity contribution in [3.63, 3.8) is 0 Å². The monoisotopic (exact) mass is 436 g/mol. The SMILES string of the molecule is CCCCOc1ccc(C(=O)Nc2ccc(F)c(S(=O)(=O)N3CCOCC3)c2)cc1. The van der Waals surface area contributed by atoms with Crippen molar-refractivity contribution in [2.75, 3.05) is 38.2 Å². The summed E-state index contributed by atoms with van der Waals surface area (Å²) in [6.45, 7) is 3.52. The molecule has 7 nitrogen and oxygen atoms in total. The van der Waals surface area contributed by atoms with Crippen molar-refractivity contribution in [3.05, 3.63) is 53.8 Å². The van der Waals surface area contributed by atoms with E-state index in [0.29, 0.717) is 17.9 Å². The van der Waals surface area contributed by atoms with Crippen LogP contribution in [0.25, 0.3) is 0 Å². The van der Waals surface area contributed by atoms with E-state index in [1.807, 2.05) is 0 Å². The molecule has 0 atom stereocenters. The van der Waals surface area contributed by atoms with Crippen LogP contribution >= 0.6 is 0 Å². The Bertz CT molecular complexity index is 973. The fraction of sp³-hybridized carbons (Fsp3) is 0.381. The Kier molecular flexibility index (Phi) is 7.41. The molecule has 2 aromatic rings. The summed E-state index contributed by atoms with van der Waals surface area (Å²) in [6.07, 6.45) is 1.98. The van der Waals surface area contributed by atoms with Crippen LogP contribution in [-0.2, 0) is 14.8 Å². The van der Waals surface area contributed by atoms with E-state index < -0.39 is 26.6 Å². The molecule has 0 aliphatic carbocycles. The van der Waals surface area contributed by atoms with E-state index in [-0.39, 0.29) is 32.0 Å². The summed E-state index contributed by atoms with van der Waals surface area (Å²) < 4.78 is 51.7. The Balaban J connectivity index is 1.72. The van der Waals surface area contributed by atoms with Gasteiger partial charge >= 0.3 is 0 Å². The van der Waals surface area contributed by atoms with Gasteiger partial charge in [0.2, 0.25) is 10.0 Å². The van der Waals surface area contributed by atoms with Crippen LogP contribution < -0.4 is 10.1 Å². The van der Waals surface area contributed by atoms with Crippen LogP contribution in [0.2, 0.25) is 0 Å². The fourth-order valence-corrected chi connectivity index (χ4v) is 4.44. The Labute approximate surface area is 175 Å². The van der Waals surface area contributed by atoms with Gasteiger partial charge in [-0.25, -0.2) is 12.8 Å². The molecular weight excluding hydrogens is 411 g/mol. The van der Waals surface area contributed by atoms with Gasteiger partial charge in [0.15, 0.2) is 0 Å². The number of halogens is 1. The van der Waals surface area contributed by atoms with E-state index in [0.717, 1.165) is 25.0 Å². The minimum atomic E-state index is -4.02. The summed E-state index contributed by atoms with van der Waals surface area (Å²) in [6, 6.07) is 10.1. The third kappa shape index (κ3) is 5.35. The third-order valence-corrected chi connectivity index (χ3v) is 6.57. The number of nitrogens with one attached hydrogen (secondary N) is 1. The van der Waals surface area contributed by atoms with Crippen molar-refractivity contribution < 1.29 is 27.1 Å². The minimum absolute atomic E-state index is 0.158. The summed E-state index contributed by atoms with van der Waals surface area (Å²) in [5.74, 6) is -0.634. The molecule has 0 unspecified atom stereocenters. The lowest BCUT2D eigenvalue weighted by Crippen LogP contribution is -2.40. The van der Waals surface area contributed by atoms with Gasteiger partial charge in [-0.1, -0.05) is 13.3 Å². The number of anilines is 1. The van der Waals surface area contributed by atoms with Crippen LogP contribution in [0.15, 0.2) is 47.4 Å². The maximum Gasteiger partial charge on any atom is 0.255 e. The Morgan fingerprint density at radius 2 is 1.87 bits per heavy atom. The van der Waals surface area contributed by atoms with Gasteiger partial charge in [-0.15, -0.1) is 0 Å². The molecular formula is C21H25FN2O5S. The first kappa shape index (κ1) is 22.2. The zero-order valence-corrected chi connectivity index (χ0v) is 17.6. The first-order valence-corrected chi connectivity index (χ1v) is 11.3. The van der Waals surface area contributed by atoms with Crippen molar-refractivity contribution in [1.82, 2.24) is 4.31 Å². The van der Waals surface area contributed by atoms with Crippen LogP contribution in [0.5, 0.6) is 5.75 Å². The second kappa shape index (κ2) is 10.0. The van der Waals surface area contributed by atoms with Gasteiger partial charge in [0.1, 0.15) is 16.5 Å². The summed E-state index contributed by atoms with van der Waals surface area (Å²) in [7, 11) is -4.02. The fourth-order valence-electron chi connectivity index (χ4n) is 2.94. The molecule has 0 saturated carbocycles. The van der Waals surface area contributed by atoms with Crippen molar-refractivity contribution >= 4 is 21.6 Å². The largest absolute Gasteiger partial charge is 0.494 e. The second-order valence-electron chi connectivity index (χ2n) is 6.84. The predicted octanol–water partition coefficient (Wildman–Crippen LogP) is 3.28. The number of ether oxygens (including phenoxy) is 2. The van der Waals surface area contributed by atoms with Gasteiger partial charge in [0.25, 0.3) is 5.91 Å². The average molecular weight is 437 g/mol. The van der Waals surface area contributed by atoms with E-state index in [4.69, 9.17) is 9.47 Å². The van der Waals surface area contributed by atoms with Gasteiger partial charge in [-0.2, -0.15) is 4.31 Å². The molecule has 1 fully saturated rings. The number of hydrogen-bond acceptors (Lipinski definition) is 5. The number of benzene rings is 2. The standard InChI is InChI=1S/C21H25FN2O5S/c1-2-3-12-29-18-7-4-16(5-8-18)21(25)23-17-6-9-19(22)20(15-17)30(26,27)24-10-13-28-14-11-24/h4-9,15H,2-3,10-14H2,1H3,(H,23,25). The van der Waals surface area contributed by atoms with Crippen LogP contribution in [0.3, 0.4) is 0 Å². The molecule has 1 N–H and O–H groups in total. The number of carbonyl (C=O) groups excluding carboxylic acids is 1. The molecule has 1 aliphatic heterocycles. The van der Waals surface area contributed by atoms with E-state index in [9.17, 15) is 17.6 Å². The Morgan fingerprint density at radius 1 is 1.17 bits per heavy atom.